The average Bonchev–Trinajstić information content (AvgIpc) is 2.43. The Hall–Kier alpha value is -1.59. The van der Waals surface area contributed by atoms with Crippen LogP contribution >= 0.6 is 11.6 Å². The zero-order chi connectivity index (χ0) is 14.5. The molecule has 1 aliphatic heterocycles. The number of amides is 2. The Morgan fingerprint density at radius 2 is 2.15 bits per heavy atom. The van der Waals surface area contributed by atoms with Gasteiger partial charge in [0.15, 0.2) is 0 Å². The van der Waals surface area contributed by atoms with Gasteiger partial charge in [0, 0.05) is 24.7 Å². The smallest absolute Gasteiger partial charge is 0.237 e. The monoisotopic (exact) mass is 295 g/mol. The van der Waals surface area contributed by atoms with Crippen molar-refractivity contribution in [2.45, 2.75) is 19.5 Å². The van der Waals surface area contributed by atoms with Gasteiger partial charge in [0.1, 0.15) is 0 Å². The molecule has 2 amide bonds. The molecule has 1 fully saturated rings. The Bertz CT molecular complexity index is 490. The fraction of sp³-hybridized carbons (Fsp3) is 0.429. The van der Waals surface area contributed by atoms with Crippen molar-refractivity contribution in [3.05, 3.63) is 34.9 Å². The first-order chi connectivity index (χ1) is 9.56. The van der Waals surface area contributed by atoms with E-state index >= 15 is 0 Å². The first-order valence-electron chi connectivity index (χ1n) is 6.59. The maximum atomic E-state index is 11.9. The first-order valence-corrected chi connectivity index (χ1v) is 6.97. The molecule has 1 saturated heterocycles. The third-order valence-corrected chi connectivity index (χ3v) is 3.63. The molecule has 0 aliphatic carbocycles. The molecule has 20 heavy (non-hydrogen) atoms. The topological polar surface area (TPSA) is 61.4 Å². The zero-order valence-electron chi connectivity index (χ0n) is 11.4. The average molecular weight is 296 g/mol. The third-order valence-electron chi connectivity index (χ3n) is 3.38. The highest BCUT2D eigenvalue weighted by Gasteiger charge is 2.26. The molecule has 1 aromatic carbocycles. The van der Waals surface area contributed by atoms with Crippen molar-refractivity contribution >= 4 is 23.4 Å². The number of piperazine rings is 1. The largest absolute Gasteiger partial charge is 0.353 e. The Balaban J connectivity index is 1.80. The number of nitrogens with zero attached hydrogens (tertiary/aromatic N) is 1. The number of halogens is 1. The summed E-state index contributed by atoms with van der Waals surface area (Å²) in [6.45, 7) is 3.79. The minimum Gasteiger partial charge on any atom is -0.353 e. The predicted octanol–water partition coefficient (Wildman–Crippen LogP) is 0.777. The summed E-state index contributed by atoms with van der Waals surface area (Å²) in [5.41, 5.74) is 0.993. The standard InChI is InChI=1S/C14H18ClN3O2/c1-10-14(20)16-6-7-18(10)9-13(19)17-8-11-2-4-12(15)5-3-11/h2-5,10H,6-9H2,1H3,(H,16,20)(H,17,19)/t10-/m1/s1. The summed E-state index contributed by atoms with van der Waals surface area (Å²) in [5.74, 6) is -0.108. The molecule has 0 bridgehead atoms. The van der Waals surface area contributed by atoms with Gasteiger partial charge >= 0.3 is 0 Å². The molecule has 1 aromatic rings. The van der Waals surface area contributed by atoms with Crippen LogP contribution < -0.4 is 10.6 Å². The van der Waals surface area contributed by atoms with Crippen molar-refractivity contribution in [1.82, 2.24) is 15.5 Å². The van der Waals surface area contributed by atoms with Crippen molar-refractivity contribution in [1.29, 1.82) is 0 Å². The Morgan fingerprint density at radius 1 is 1.45 bits per heavy atom. The van der Waals surface area contributed by atoms with Gasteiger partial charge < -0.3 is 10.6 Å². The van der Waals surface area contributed by atoms with Crippen LogP contribution in [0.5, 0.6) is 0 Å². The minimum atomic E-state index is -0.259. The van der Waals surface area contributed by atoms with Crippen LogP contribution in [-0.2, 0) is 16.1 Å². The number of carbonyl (C=O) groups excluding carboxylic acids is 2. The van der Waals surface area contributed by atoms with Crippen molar-refractivity contribution in [3.63, 3.8) is 0 Å². The van der Waals surface area contributed by atoms with Gasteiger partial charge in [-0.25, -0.2) is 0 Å². The van der Waals surface area contributed by atoms with E-state index in [-0.39, 0.29) is 24.4 Å². The second-order valence-corrected chi connectivity index (χ2v) is 5.28. The summed E-state index contributed by atoms with van der Waals surface area (Å²) in [4.78, 5) is 25.3. The van der Waals surface area contributed by atoms with E-state index in [1.807, 2.05) is 17.0 Å². The van der Waals surface area contributed by atoms with E-state index in [4.69, 9.17) is 11.6 Å². The SMILES string of the molecule is C[C@@H]1C(=O)NCCN1CC(=O)NCc1ccc(Cl)cc1. The number of hydrogen-bond acceptors (Lipinski definition) is 3. The molecule has 6 heteroatoms. The first kappa shape index (κ1) is 14.8. The normalized spacial score (nSPS) is 19.5. The molecule has 0 unspecified atom stereocenters. The second kappa shape index (κ2) is 6.72. The maximum absolute atomic E-state index is 11.9. The third kappa shape index (κ3) is 3.95. The molecule has 0 radical (unpaired) electrons. The van der Waals surface area contributed by atoms with Crippen LogP contribution in [0.25, 0.3) is 0 Å². The molecule has 2 rings (SSSR count). The van der Waals surface area contributed by atoms with Crippen LogP contribution in [0.1, 0.15) is 12.5 Å². The van der Waals surface area contributed by atoms with Gasteiger partial charge in [-0.2, -0.15) is 0 Å². The Labute approximate surface area is 123 Å². The highest BCUT2D eigenvalue weighted by atomic mass is 35.5. The fourth-order valence-electron chi connectivity index (χ4n) is 2.09. The quantitative estimate of drug-likeness (QED) is 0.863. The number of nitrogens with one attached hydrogen (secondary N) is 2. The molecular weight excluding hydrogens is 278 g/mol. The minimum absolute atomic E-state index is 0.0262. The summed E-state index contributed by atoms with van der Waals surface area (Å²) in [6.07, 6.45) is 0. The summed E-state index contributed by atoms with van der Waals surface area (Å²) >= 11 is 5.80. The van der Waals surface area contributed by atoms with Crippen molar-refractivity contribution in [2.75, 3.05) is 19.6 Å². The number of hydrogen-bond donors (Lipinski definition) is 2. The molecule has 1 aliphatic rings. The number of carbonyl (C=O) groups is 2. The second-order valence-electron chi connectivity index (χ2n) is 4.84. The molecule has 1 atom stereocenters. The molecule has 1 heterocycles. The fourth-order valence-corrected chi connectivity index (χ4v) is 2.22. The molecule has 108 valence electrons. The van der Waals surface area contributed by atoms with Gasteiger partial charge in [0.2, 0.25) is 11.8 Å². The summed E-state index contributed by atoms with van der Waals surface area (Å²) < 4.78 is 0. The molecule has 0 saturated carbocycles. The van der Waals surface area contributed by atoms with Gasteiger partial charge in [-0.15, -0.1) is 0 Å². The van der Waals surface area contributed by atoms with Gasteiger partial charge in [-0.05, 0) is 24.6 Å². The molecular formula is C14H18ClN3O2. The molecule has 5 nitrogen and oxygen atoms in total. The Kier molecular flexibility index (Phi) is 4.98. The summed E-state index contributed by atoms with van der Waals surface area (Å²) in [6, 6.07) is 7.07. The van der Waals surface area contributed by atoms with E-state index in [0.717, 1.165) is 5.56 Å². The van der Waals surface area contributed by atoms with Crippen LogP contribution in [-0.4, -0.2) is 42.4 Å². The molecule has 0 spiro atoms. The lowest BCUT2D eigenvalue weighted by Gasteiger charge is -2.31. The maximum Gasteiger partial charge on any atom is 0.237 e. The summed E-state index contributed by atoms with van der Waals surface area (Å²) in [5, 5.41) is 6.29. The lowest BCUT2D eigenvalue weighted by Crippen LogP contribution is -2.56. The van der Waals surface area contributed by atoms with Crippen molar-refractivity contribution in [3.8, 4) is 0 Å². The van der Waals surface area contributed by atoms with E-state index in [1.54, 1.807) is 19.1 Å². The van der Waals surface area contributed by atoms with Gasteiger partial charge in [0.25, 0.3) is 0 Å². The van der Waals surface area contributed by atoms with E-state index in [0.29, 0.717) is 24.7 Å². The highest BCUT2D eigenvalue weighted by Crippen LogP contribution is 2.09. The van der Waals surface area contributed by atoms with Gasteiger partial charge in [-0.3, -0.25) is 14.5 Å². The predicted molar refractivity (Wildman–Crippen MR) is 77.3 cm³/mol. The van der Waals surface area contributed by atoms with E-state index in [2.05, 4.69) is 10.6 Å². The molecule has 2 N–H and O–H groups in total. The lowest BCUT2D eigenvalue weighted by molar-refractivity contribution is -0.130. The van der Waals surface area contributed by atoms with Crippen LogP contribution in [0.2, 0.25) is 5.02 Å². The molecule has 0 aromatic heterocycles. The highest BCUT2D eigenvalue weighted by molar-refractivity contribution is 6.30. The van der Waals surface area contributed by atoms with Crippen molar-refractivity contribution in [2.24, 2.45) is 0 Å². The Morgan fingerprint density at radius 3 is 2.85 bits per heavy atom. The zero-order valence-corrected chi connectivity index (χ0v) is 12.1. The van der Waals surface area contributed by atoms with Crippen LogP contribution in [0.3, 0.4) is 0 Å². The van der Waals surface area contributed by atoms with Crippen molar-refractivity contribution < 1.29 is 9.59 Å². The van der Waals surface area contributed by atoms with E-state index in [9.17, 15) is 9.59 Å². The van der Waals surface area contributed by atoms with E-state index in [1.165, 1.54) is 0 Å². The van der Waals surface area contributed by atoms with Gasteiger partial charge in [-0.1, -0.05) is 23.7 Å². The van der Waals surface area contributed by atoms with E-state index < -0.39 is 0 Å². The number of rotatable bonds is 4. The van der Waals surface area contributed by atoms with Gasteiger partial charge in [0.05, 0.1) is 12.6 Å². The lowest BCUT2D eigenvalue weighted by atomic mass is 10.2. The van der Waals surface area contributed by atoms with Crippen LogP contribution in [0.15, 0.2) is 24.3 Å². The summed E-state index contributed by atoms with van der Waals surface area (Å²) in [7, 11) is 0. The van der Waals surface area contributed by atoms with Crippen LogP contribution in [0.4, 0.5) is 0 Å². The van der Waals surface area contributed by atoms with Crippen LogP contribution in [0, 0.1) is 0 Å². The number of benzene rings is 1.